The lowest BCUT2D eigenvalue weighted by atomic mass is 9.88. The van der Waals surface area contributed by atoms with Gasteiger partial charge in [0.1, 0.15) is 11.7 Å². The number of ether oxygens (including phenoxy) is 4. The Hall–Kier alpha value is -2.28. The van der Waals surface area contributed by atoms with Crippen molar-refractivity contribution in [3.63, 3.8) is 0 Å². The predicted octanol–water partition coefficient (Wildman–Crippen LogP) is 4.78. The van der Waals surface area contributed by atoms with E-state index in [9.17, 15) is 24.9 Å². The highest BCUT2D eigenvalue weighted by molar-refractivity contribution is 5.70. The van der Waals surface area contributed by atoms with Gasteiger partial charge < -0.3 is 39.2 Å². The van der Waals surface area contributed by atoms with Gasteiger partial charge in [-0.1, -0.05) is 45.1 Å². The highest BCUT2D eigenvalue weighted by atomic mass is 16.6. The molecule has 280 valence electrons. The van der Waals surface area contributed by atoms with E-state index in [-0.39, 0.29) is 36.9 Å². The lowest BCUT2D eigenvalue weighted by Gasteiger charge is -2.37. The molecule has 0 aromatic rings. The number of epoxide rings is 1. The van der Waals surface area contributed by atoms with Gasteiger partial charge in [0.2, 0.25) is 0 Å². The average molecular weight is 693 g/mol. The van der Waals surface area contributed by atoms with Crippen LogP contribution in [0.15, 0.2) is 36.0 Å². The largest absolute Gasteiger partial charge is 0.457 e. The third-order valence-electron chi connectivity index (χ3n) is 10.6. The standard InChI is InChI=1S/C38H64N2O9/c1-10-30(42)28(6)35-31(47-35)24-37(7,45)17-11-13-26(4)34-27(5)14-15-32(38(8,46-9)18-16-29(41)23-33(43)49-34)48-36(44)40-20-12-19-39(21-22-40)25(2)3/h11,13-15,17,25,27-32,34-35,41-42,45H,10,12,16,18-24H2,1-9H3/b15-14+,17-11+,26-13+. The van der Waals surface area contributed by atoms with E-state index in [0.717, 1.165) is 25.1 Å². The average Bonchev–Trinajstić information content (AvgIpc) is 3.85. The van der Waals surface area contributed by atoms with Crippen LogP contribution in [-0.2, 0) is 23.7 Å². The molecule has 10 unspecified atom stereocenters. The molecular weight excluding hydrogens is 628 g/mol. The smallest absolute Gasteiger partial charge is 0.410 e. The monoisotopic (exact) mass is 692 g/mol. The van der Waals surface area contributed by atoms with E-state index in [4.69, 9.17) is 18.9 Å². The summed E-state index contributed by atoms with van der Waals surface area (Å²) in [6.45, 7) is 18.5. The van der Waals surface area contributed by atoms with Gasteiger partial charge in [-0.05, 0) is 72.0 Å². The number of amides is 1. The van der Waals surface area contributed by atoms with Gasteiger partial charge in [0.25, 0.3) is 0 Å². The van der Waals surface area contributed by atoms with Crippen molar-refractivity contribution in [1.82, 2.24) is 9.80 Å². The van der Waals surface area contributed by atoms with Crippen molar-refractivity contribution in [2.75, 3.05) is 33.3 Å². The van der Waals surface area contributed by atoms with Crippen molar-refractivity contribution in [3.8, 4) is 0 Å². The Morgan fingerprint density at radius 2 is 1.92 bits per heavy atom. The second kappa shape index (κ2) is 18.3. The summed E-state index contributed by atoms with van der Waals surface area (Å²) in [4.78, 5) is 30.6. The molecule has 0 aromatic heterocycles. The quantitative estimate of drug-likeness (QED) is 0.120. The fourth-order valence-electron chi connectivity index (χ4n) is 6.83. The Morgan fingerprint density at radius 1 is 1.20 bits per heavy atom. The number of methoxy groups -OCH3 is 1. The second-order valence-corrected chi connectivity index (χ2v) is 15.1. The van der Waals surface area contributed by atoms with Crippen LogP contribution < -0.4 is 0 Å². The van der Waals surface area contributed by atoms with Crippen LogP contribution in [-0.4, -0.2) is 124 Å². The lowest BCUT2D eigenvalue weighted by Crippen LogP contribution is -2.47. The summed E-state index contributed by atoms with van der Waals surface area (Å²) in [5, 5.41) is 32.0. The Morgan fingerprint density at radius 3 is 2.57 bits per heavy atom. The number of rotatable bonds is 11. The summed E-state index contributed by atoms with van der Waals surface area (Å²) >= 11 is 0. The van der Waals surface area contributed by atoms with Crippen molar-refractivity contribution in [1.29, 1.82) is 0 Å². The van der Waals surface area contributed by atoms with Crippen LogP contribution in [0.2, 0.25) is 0 Å². The normalized spacial score (nSPS) is 34.3. The van der Waals surface area contributed by atoms with Crippen molar-refractivity contribution < 1.29 is 43.9 Å². The van der Waals surface area contributed by atoms with Crippen LogP contribution in [0.1, 0.15) is 93.9 Å². The van der Waals surface area contributed by atoms with Gasteiger partial charge in [0.15, 0.2) is 6.10 Å². The fourth-order valence-corrected chi connectivity index (χ4v) is 6.83. The number of hydrogen-bond acceptors (Lipinski definition) is 10. The zero-order valence-electron chi connectivity index (χ0n) is 31.3. The van der Waals surface area contributed by atoms with Gasteiger partial charge in [0, 0.05) is 57.6 Å². The van der Waals surface area contributed by atoms with E-state index in [1.165, 1.54) is 0 Å². The Balaban J connectivity index is 1.78. The molecule has 3 aliphatic rings. The summed E-state index contributed by atoms with van der Waals surface area (Å²) in [5.74, 6) is -0.838. The summed E-state index contributed by atoms with van der Waals surface area (Å²) in [6.07, 6.45) is 7.87. The van der Waals surface area contributed by atoms with Gasteiger partial charge in [-0.15, -0.1) is 0 Å². The van der Waals surface area contributed by atoms with E-state index < -0.39 is 47.7 Å². The topological polar surface area (TPSA) is 142 Å². The second-order valence-electron chi connectivity index (χ2n) is 15.1. The molecule has 2 fully saturated rings. The minimum Gasteiger partial charge on any atom is -0.457 e. The molecule has 3 heterocycles. The van der Waals surface area contributed by atoms with Gasteiger partial charge in [-0.25, -0.2) is 4.79 Å². The molecule has 0 bridgehead atoms. The van der Waals surface area contributed by atoms with Crippen LogP contribution in [0.25, 0.3) is 0 Å². The molecule has 2 saturated heterocycles. The lowest BCUT2D eigenvalue weighted by molar-refractivity contribution is -0.151. The van der Waals surface area contributed by atoms with E-state index in [1.807, 2.05) is 52.8 Å². The molecule has 1 amide bonds. The first kappa shape index (κ1) is 41.1. The molecule has 11 heteroatoms. The van der Waals surface area contributed by atoms with Crippen LogP contribution in [0.5, 0.6) is 0 Å². The molecule has 0 spiro atoms. The number of carbonyl (C=O) groups excluding carboxylic acids is 2. The minimum atomic E-state index is -1.14. The van der Waals surface area contributed by atoms with E-state index in [2.05, 4.69) is 18.7 Å². The number of aliphatic hydroxyl groups is 3. The molecule has 0 aromatic carbocycles. The van der Waals surface area contributed by atoms with E-state index in [1.54, 1.807) is 31.1 Å². The summed E-state index contributed by atoms with van der Waals surface area (Å²) in [5.41, 5.74) is -1.35. The molecule has 0 aliphatic carbocycles. The van der Waals surface area contributed by atoms with Crippen LogP contribution in [0.4, 0.5) is 4.79 Å². The van der Waals surface area contributed by atoms with Gasteiger partial charge in [-0.3, -0.25) is 9.69 Å². The van der Waals surface area contributed by atoms with Crippen LogP contribution in [0.3, 0.4) is 0 Å². The van der Waals surface area contributed by atoms with Crippen molar-refractivity contribution in [3.05, 3.63) is 36.0 Å². The van der Waals surface area contributed by atoms with Crippen molar-refractivity contribution >= 4 is 12.1 Å². The Kier molecular flexibility index (Phi) is 15.4. The first-order valence-corrected chi connectivity index (χ1v) is 18.2. The minimum absolute atomic E-state index is 0.00405. The molecule has 49 heavy (non-hydrogen) atoms. The first-order valence-electron chi connectivity index (χ1n) is 18.2. The molecule has 3 N–H and O–H groups in total. The maximum Gasteiger partial charge on any atom is 0.410 e. The fraction of sp³-hybridized carbons (Fsp3) is 0.789. The van der Waals surface area contributed by atoms with E-state index in [0.29, 0.717) is 38.4 Å². The number of allylic oxidation sites excluding steroid dienone is 2. The maximum absolute atomic E-state index is 13.5. The van der Waals surface area contributed by atoms with Crippen molar-refractivity contribution in [2.24, 2.45) is 11.8 Å². The van der Waals surface area contributed by atoms with Gasteiger partial charge >= 0.3 is 12.1 Å². The number of nitrogens with zero attached hydrogens (tertiary/aromatic N) is 2. The molecular formula is C38H64N2O9. The maximum atomic E-state index is 13.5. The van der Waals surface area contributed by atoms with Gasteiger partial charge in [0.05, 0.1) is 36.4 Å². The molecule has 0 radical (unpaired) electrons. The van der Waals surface area contributed by atoms with Crippen LogP contribution in [0, 0.1) is 11.8 Å². The summed E-state index contributed by atoms with van der Waals surface area (Å²) in [6, 6.07) is 0.401. The van der Waals surface area contributed by atoms with Crippen molar-refractivity contribution in [2.45, 2.75) is 148 Å². The highest BCUT2D eigenvalue weighted by Gasteiger charge is 2.47. The number of hydrogen-bond donors (Lipinski definition) is 3. The zero-order chi connectivity index (χ0) is 36.5. The SMILES string of the molecule is CCC(O)C(C)C1OC1CC(C)(O)/C=C/C=C(\C)C1OC(=O)CC(O)CCC(C)(OC)C(OC(=O)N2CCCN(C(C)C)CC2)/C=C/C1C. The third-order valence-corrected chi connectivity index (χ3v) is 10.6. The van der Waals surface area contributed by atoms with E-state index >= 15 is 0 Å². The molecule has 3 rings (SSSR count). The first-order chi connectivity index (χ1) is 23.0. The molecule has 0 saturated carbocycles. The highest BCUT2D eigenvalue weighted by Crippen LogP contribution is 2.37. The number of cyclic esters (lactones) is 1. The third kappa shape index (κ3) is 12.2. The van der Waals surface area contributed by atoms with Gasteiger partial charge in [-0.2, -0.15) is 0 Å². The Labute approximate surface area is 294 Å². The van der Waals surface area contributed by atoms with Crippen LogP contribution >= 0.6 is 0 Å². The predicted molar refractivity (Wildman–Crippen MR) is 189 cm³/mol. The molecule has 11 nitrogen and oxygen atoms in total. The molecule has 10 atom stereocenters. The number of esters is 1. The molecule has 3 aliphatic heterocycles. The summed E-state index contributed by atoms with van der Waals surface area (Å²) in [7, 11) is 1.57. The summed E-state index contributed by atoms with van der Waals surface area (Å²) < 4.78 is 23.8. The number of aliphatic hydroxyl groups excluding tert-OH is 2. The Bertz CT molecular complexity index is 1170. The number of carbonyl (C=O) groups is 2. The zero-order valence-corrected chi connectivity index (χ0v) is 31.3.